The smallest absolute Gasteiger partial charge is 0.310 e. The first-order valence-corrected chi connectivity index (χ1v) is 7.42. The Bertz CT molecular complexity index is 522. The molecule has 1 aliphatic heterocycles. The van der Waals surface area contributed by atoms with Gasteiger partial charge in [0.15, 0.2) is 5.75 Å². The maximum Gasteiger partial charge on any atom is 0.310 e. The number of hydrogen-bond donors (Lipinski definition) is 1. The fourth-order valence-electron chi connectivity index (χ4n) is 3.49. The van der Waals surface area contributed by atoms with Crippen LogP contribution in [0, 0.1) is 16.0 Å². The summed E-state index contributed by atoms with van der Waals surface area (Å²) >= 11 is 0. The van der Waals surface area contributed by atoms with Crippen molar-refractivity contribution in [3.05, 3.63) is 34.4 Å². The zero-order chi connectivity index (χ0) is 14.8. The summed E-state index contributed by atoms with van der Waals surface area (Å²) in [6.45, 7) is 1.73. The number of likely N-dealkylation sites (tertiary alicyclic amines) is 1. The highest BCUT2D eigenvalue weighted by Gasteiger charge is 2.38. The number of β-amino-alcohol motifs (C(OH)–C–C–N with tert-alkyl or cyclic N) is 1. The molecule has 0 radical (unpaired) electrons. The molecule has 1 saturated heterocycles. The van der Waals surface area contributed by atoms with Crippen LogP contribution in [-0.4, -0.2) is 46.8 Å². The van der Waals surface area contributed by atoms with Gasteiger partial charge in [0.1, 0.15) is 12.7 Å². The highest BCUT2D eigenvalue weighted by Crippen LogP contribution is 2.37. The molecule has 2 fully saturated rings. The van der Waals surface area contributed by atoms with Gasteiger partial charge in [-0.3, -0.25) is 15.0 Å². The van der Waals surface area contributed by atoms with Crippen molar-refractivity contribution >= 4 is 5.69 Å². The van der Waals surface area contributed by atoms with Crippen molar-refractivity contribution in [1.29, 1.82) is 0 Å². The Hall–Kier alpha value is -1.66. The summed E-state index contributed by atoms with van der Waals surface area (Å²) < 4.78 is 5.43. The number of nitro benzene ring substituents is 1. The van der Waals surface area contributed by atoms with Gasteiger partial charge in [-0.05, 0) is 31.2 Å². The average Bonchev–Trinajstić information content (AvgIpc) is 3.08. The zero-order valence-electron chi connectivity index (χ0n) is 11.9. The number of fused-ring (bicyclic) bond motifs is 2. The molecule has 0 amide bonds. The Labute approximate surface area is 123 Å². The van der Waals surface area contributed by atoms with Gasteiger partial charge in [-0.2, -0.15) is 0 Å². The predicted octanol–water partition coefficient (Wildman–Crippen LogP) is 1.82. The number of nitrogens with zero attached hydrogens (tertiary/aromatic N) is 2. The van der Waals surface area contributed by atoms with Gasteiger partial charge in [0.05, 0.1) is 4.92 Å². The molecule has 1 aromatic rings. The molecular formula is C15H20N2O4. The highest BCUT2D eigenvalue weighted by molar-refractivity contribution is 5.45. The first-order valence-electron chi connectivity index (χ1n) is 7.42. The lowest BCUT2D eigenvalue weighted by atomic mass is 10.1. The summed E-state index contributed by atoms with van der Waals surface area (Å²) in [4.78, 5) is 12.7. The average molecular weight is 292 g/mol. The molecule has 2 bridgehead atoms. The fourth-order valence-corrected chi connectivity index (χ4v) is 3.49. The van der Waals surface area contributed by atoms with E-state index in [2.05, 4.69) is 4.90 Å². The third-order valence-electron chi connectivity index (χ3n) is 4.46. The van der Waals surface area contributed by atoms with Gasteiger partial charge in [-0.1, -0.05) is 12.1 Å². The monoisotopic (exact) mass is 292 g/mol. The van der Waals surface area contributed by atoms with Crippen molar-refractivity contribution in [2.75, 3.05) is 19.7 Å². The molecule has 3 rings (SSSR count). The molecular weight excluding hydrogens is 272 g/mol. The van der Waals surface area contributed by atoms with Crippen LogP contribution in [0.25, 0.3) is 0 Å². The topological polar surface area (TPSA) is 75.8 Å². The van der Waals surface area contributed by atoms with Gasteiger partial charge < -0.3 is 9.84 Å². The van der Waals surface area contributed by atoms with E-state index in [0.717, 1.165) is 12.5 Å². The van der Waals surface area contributed by atoms with Crippen LogP contribution in [0.3, 0.4) is 0 Å². The lowest BCUT2D eigenvalue weighted by molar-refractivity contribution is -0.385. The predicted molar refractivity (Wildman–Crippen MR) is 77.3 cm³/mol. The van der Waals surface area contributed by atoms with Gasteiger partial charge in [0, 0.05) is 25.2 Å². The summed E-state index contributed by atoms with van der Waals surface area (Å²) in [6, 6.07) is 6.86. The number of piperidine rings is 1. The summed E-state index contributed by atoms with van der Waals surface area (Å²) in [5.74, 6) is 1.00. The first-order chi connectivity index (χ1) is 10.1. The maximum absolute atomic E-state index is 10.9. The van der Waals surface area contributed by atoms with Crippen LogP contribution < -0.4 is 4.74 Å². The molecule has 21 heavy (non-hydrogen) atoms. The van der Waals surface area contributed by atoms with Gasteiger partial charge in [0.25, 0.3) is 0 Å². The van der Waals surface area contributed by atoms with Gasteiger partial charge in [0.2, 0.25) is 0 Å². The van der Waals surface area contributed by atoms with Crippen LogP contribution in [0.2, 0.25) is 0 Å². The normalized spacial score (nSPS) is 26.0. The minimum absolute atomic E-state index is 0.0649. The van der Waals surface area contributed by atoms with Gasteiger partial charge in [-0.15, -0.1) is 0 Å². The molecule has 1 N–H and O–H groups in total. The first kappa shape index (κ1) is 14.3. The molecule has 1 aliphatic carbocycles. The molecule has 1 aromatic carbocycles. The number of benzene rings is 1. The second-order valence-electron chi connectivity index (χ2n) is 5.98. The van der Waals surface area contributed by atoms with Crippen LogP contribution in [0.1, 0.15) is 19.3 Å². The molecule has 1 heterocycles. The second-order valence-corrected chi connectivity index (χ2v) is 5.98. The highest BCUT2D eigenvalue weighted by atomic mass is 16.6. The van der Waals surface area contributed by atoms with E-state index < -0.39 is 11.0 Å². The molecule has 3 atom stereocenters. The van der Waals surface area contributed by atoms with E-state index in [-0.39, 0.29) is 18.0 Å². The van der Waals surface area contributed by atoms with Crippen molar-refractivity contribution < 1.29 is 14.8 Å². The molecule has 3 unspecified atom stereocenters. The van der Waals surface area contributed by atoms with Gasteiger partial charge in [-0.25, -0.2) is 0 Å². The largest absolute Gasteiger partial charge is 0.484 e. The van der Waals surface area contributed by atoms with Crippen molar-refractivity contribution in [3.63, 3.8) is 0 Å². The van der Waals surface area contributed by atoms with Crippen molar-refractivity contribution in [3.8, 4) is 5.75 Å². The molecule has 6 heteroatoms. The molecule has 1 saturated carbocycles. The standard InChI is InChI=1S/C15H20N2O4/c18-13(9-16-8-11-5-6-12(16)7-11)10-21-15-4-2-1-3-14(15)17(19)20/h1-4,11-13,18H,5-10H2. The third kappa shape index (κ3) is 3.16. The summed E-state index contributed by atoms with van der Waals surface area (Å²) in [7, 11) is 0. The third-order valence-corrected chi connectivity index (χ3v) is 4.46. The summed E-state index contributed by atoms with van der Waals surface area (Å²) in [5.41, 5.74) is -0.0649. The molecule has 0 spiro atoms. The number of nitro groups is 1. The Kier molecular flexibility index (Phi) is 4.07. The Morgan fingerprint density at radius 1 is 1.43 bits per heavy atom. The van der Waals surface area contributed by atoms with E-state index >= 15 is 0 Å². The van der Waals surface area contributed by atoms with E-state index in [4.69, 9.17) is 4.74 Å². The number of aliphatic hydroxyl groups is 1. The molecule has 0 aromatic heterocycles. The molecule has 6 nitrogen and oxygen atoms in total. The Morgan fingerprint density at radius 3 is 2.90 bits per heavy atom. The lowest BCUT2D eigenvalue weighted by Gasteiger charge is -2.28. The number of aliphatic hydroxyl groups excluding tert-OH is 1. The fraction of sp³-hybridized carbons (Fsp3) is 0.600. The van der Waals surface area contributed by atoms with Gasteiger partial charge >= 0.3 is 5.69 Å². The van der Waals surface area contributed by atoms with Crippen LogP contribution in [0.15, 0.2) is 24.3 Å². The molecule has 2 aliphatic rings. The molecule has 114 valence electrons. The number of hydrogen-bond acceptors (Lipinski definition) is 5. The Morgan fingerprint density at radius 2 is 2.24 bits per heavy atom. The van der Waals surface area contributed by atoms with Crippen LogP contribution in [0.4, 0.5) is 5.69 Å². The number of rotatable bonds is 6. The quantitative estimate of drug-likeness (QED) is 0.639. The minimum atomic E-state index is -0.621. The van der Waals surface area contributed by atoms with E-state index in [1.54, 1.807) is 18.2 Å². The number of para-hydroxylation sites is 2. The van der Waals surface area contributed by atoms with E-state index in [1.165, 1.54) is 25.3 Å². The van der Waals surface area contributed by atoms with E-state index in [1.807, 2.05) is 0 Å². The number of ether oxygens (including phenoxy) is 1. The minimum Gasteiger partial charge on any atom is -0.484 e. The van der Waals surface area contributed by atoms with E-state index in [9.17, 15) is 15.2 Å². The van der Waals surface area contributed by atoms with E-state index in [0.29, 0.717) is 12.6 Å². The van der Waals surface area contributed by atoms with Crippen LogP contribution in [-0.2, 0) is 0 Å². The Balaban J connectivity index is 1.52. The summed E-state index contributed by atoms with van der Waals surface area (Å²) in [6.07, 6.45) is 3.16. The van der Waals surface area contributed by atoms with Crippen LogP contribution in [0.5, 0.6) is 5.75 Å². The van der Waals surface area contributed by atoms with Crippen LogP contribution >= 0.6 is 0 Å². The van der Waals surface area contributed by atoms with Crippen molar-refractivity contribution in [2.24, 2.45) is 5.92 Å². The maximum atomic E-state index is 10.9. The SMILES string of the molecule is O=[N+]([O-])c1ccccc1OCC(O)CN1CC2CCC1C2. The lowest BCUT2D eigenvalue weighted by Crippen LogP contribution is -2.40. The van der Waals surface area contributed by atoms with Crippen molar-refractivity contribution in [1.82, 2.24) is 4.90 Å². The summed E-state index contributed by atoms with van der Waals surface area (Å²) in [5, 5.41) is 21.0. The second kappa shape index (κ2) is 5.99. The van der Waals surface area contributed by atoms with Crippen molar-refractivity contribution in [2.45, 2.75) is 31.4 Å². The zero-order valence-corrected chi connectivity index (χ0v) is 11.9.